The van der Waals surface area contributed by atoms with Gasteiger partial charge in [-0.05, 0) is 67.8 Å². The third-order valence-electron chi connectivity index (χ3n) is 7.12. The molecule has 0 saturated carbocycles. The van der Waals surface area contributed by atoms with Crippen molar-refractivity contribution in [2.45, 2.75) is 33.4 Å². The van der Waals surface area contributed by atoms with Crippen molar-refractivity contribution < 1.29 is 38.8 Å². The summed E-state index contributed by atoms with van der Waals surface area (Å²) in [4.78, 5) is 45.6. The van der Waals surface area contributed by atoms with E-state index >= 15 is 0 Å². The number of aromatic nitrogens is 1. The molecule has 0 unspecified atom stereocenters. The van der Waals surface area contributed by atoms with E-state index in [9.17, 15) is 24.6 Å². The van der Waals surface area contributed by atoms with Crippen LogP contribution in [0.25, 0.3) is 5.76 Å². The van der Waals surface area contributed by atoms with E-state index in [1.807, 2.05) is 30.3 Å². The summed E-state index contributed by atoms with van der Waals surface area (Å²) >= 11 is 0.906. The third-order valence-corrected chi connectivity index (χ3v) is 8.25. The van der Waals surface area contributed by atoms with E-state index in [-0.39, 0.29) is 33.7 Å². The number of methoxy groups -OCH3 is 1. The second-order valence-electron chi connectivity index (χ2n) is 9.98. The van der Waals surface area contributed by atoms with E-state index in [4.69, 9.17) is 14.2 Å². The predicted molar refractivity (Wildman–Crippen MR) is 164 cm³/mol. The molecule has 1 aliphatic rings. The summed E-state index contributed by atoms with van der Waals surface area (Å²) in [7, 11) is 1.37. The Morgan fingerprint density at radius 3 is 2.48 bits per heavy atom. The number of aliphatic hydroxyl groups is 1. The Morgan fingerprint density at radius 1 is 1.05 bits per heavy atom. The Balaban J connectivity index is 1.60. The molecule has 2 N–H and O–H groups in total. The van der Waals surface area contributed by atoms with Crippen LogP contribution in [0.15, 0.2) is 72.3 Å². The van der Waals surface area contributed by atoms with Gasteiger partial charge in [0.25, 0.3) is 5.78 Å². The monoisotopic (exact) mass is 614 g/mol. The number of anilines is 1. The summed E-state index contributed by atoms with van der Waals surface area (Å²) in [5.74, 6) is -2.35. The summed E-state index contributed by atoms with van der Waals surface area (Å²) in [6, 6.07) is 17.9. The molecule has 1 atom stereocenters. The van der Waals surface area contributed by atoms with Gasteiger partial charge in [-0.3, -0.25) is 14.5 Å². The lowest BCUT2D eigenvalue weighted by atomic mass is 9.93. The van der Waals surface area contributed by atoms with Crippen molar-refractivity contribution in [3.63, 3.8) is 0 Å². The number of ether oxygens (including phenoxy) is 3. The fourth-order valence-electron chi connectivity index (χ4n) is 4.96. The van der Waals surface area contributed by atoms with Crippen molar-refractivity contribution in [3.05, 3.63) is 105 Å². The second-order valence-corrected chi connectivity index (χ2v) is 11.0. The predicted octanol–water partition coefficient (Wildman–Crippen LogP) is 5.86. The van der Waals surface area contributed by atoms with Crippen LogP contribution < -0.4 is 14.4 Å². The number of carbonyl (C=O) groups excluding carboxylic acids is 3. The summed E-state index contributed by atoms with van der Waals surface area (Å²) in [6.07, 6.45) is 0. The number of nitrogens with zero attached hydrogens (tertiary/aromatic N) is 2. The number of amides is 1. The maximum absolute atomic E-state index is 13.6. The van der Waals surface area contributed by atoms with E-state index in [0.29, 0.717) is 34.7 Å². The van der Waals surface area contributed by atoms with Gasteiger partial charge in [-0.25, -0.2) is 9.78 Å². The highest BCUT2D eigenvalue weighted by atomic mass is 32.1. The van der Waals surface area contributed by atoms with Crippen molar-refractivity contribution in [3.8, 4) is 17.2 Å². The number of hydrogen-bond donors (Lipinski definition) is 2. The SMILES string of the molecule is CCOC(=O)c1sc(N2C(=O)C(=O)C(=C(O)c3ccc(OCc4ccccc4)cc3C)[C@@H]2c2ccc(O)c(OC)c2)nc1C. The van der Waals surface area contributed by atoms with Gasteiger partial charge in [0.05, 0.1) is 31.0 Å². The van der Waals surface area contributed by atoms with E-state index in [0.717, 1.165) is 21.8 Å². The summed E-state index contributed by atoms with van der Waals surface area (Å²) < 4.78 is 16.3. The number of carbonyl (C=O) groups is 3. The maximum Gasteiger partial charge on any atom is 0.350 e. The number of thiazole rings is 1. The highest BCUT2D eigenvalue weighted by molar-refractivity contribution is 7.17. The largest absolute Gasteiger partial charge is 0.507 e. The van der Waals surface area contributed by atoms with Crippen molar-refractivity contribution >= 4 is 39.9 Å². The van der Waals surface area contributed by atoms with Crippen LogP contribution in [0.5, 0.6) is 17.2 Å². The van der Waals surface area contributed by atoms with Crippen molar-refractivity contribution in [2.75, 3.05) is 18.6 Å². The summed E-state index contributed by atoms with van der Waals surface area (Å²) in [6.45, 7) is 5.54. The standard InChI is InChI=1S/C33H30N2O8S/c1-5-42-32(40)30-19(3)34-33(44-30)35-27(21-11-14-24(36)25(16-21)41-4)26(29(38)31(35)39)28(37)23-13-12-22(15-18(23)2)43-17-20-9-7-6-8-10-20/h6-16,27,36-37H,5,17H2,1-4H3/t27-/m0/s1. The minimum atomic E-state index is -1.15. The van der Waals surface area contributed by atoms with Gasteiger partial charge >= 0.3 is 11.9 Å². The molecule has 1 fully saturated rings. The molecule has 1 aliphatic heterocycles. The zero-order chi connectivity index (χ0) is 31.5. The number of ketones is 1. The molecule has 0 aliphatic carbocycles. The fourth-order valence-corrected chi connectivity index (χ4v) is 5.95. The van der Waals surface area contributed by atoms with Gasteiger partial charge in [0.15, 0.2) is 16.6 Å². The van der Waals surface area contributed by atoms with Crippen molar-refractivity contribution in [1.82, 2.24) is 4.98 Å². The lowest BCUT2D eigenvalue weighted by molar-refractivity contribution is -0.132. The van der Waals surface area contributed by atoms with E-state index in [1.165, 1.54) is 25.3 Å². The normalized spacial score (nSPS) is 15.8. The number of phenols is 1. The van der Waals surface area contributed by atoms with E-state index < -0.39 is 29.5 Å². The first-order valence-corrected chi connectivity index (χ1v) is 14.6. The van der Waals surface area contributed by atoms with Crippen LogP contribution in [-0.4, -0.2) is 46.6 Å². The molecule has 0 spiro atoms. The first-order valence-electron chi connectivity index (χ1n) is 13.7. The minimum absolute atomic E-state index is 0.0742. The Labute approximate surface area is 257 Å². The molecule has 1 aromatic heterocycles. The molecule has 226 valence electrons. The molecule has 44 heavy (non-hydrogen) atoms. The first kappa shape index (κ1) is 30.3. The van der Waals surface area contributed by atoms with Gasteiger partial charge in [-0.1, -0.05) is 47.7 Å². The number of esters is 1. The molecule has 4 aromatic rings. The van der Waals surface area contributed by atoms with E-state index in [2.05, 4.69) is 4.98 Å². The van der Waals surface area contributed by atoms with Crippen molar-refractivity contribution in [1.29, 1.82) is 0 Å². The number of aliphatic hydroxyl groups excluding tert-OH is 1. The highest BCUT2D eigenvalue weighted by Crippen LogP contribution is 2.45. The number of hydrogen-bond acceptors (Lipinski definition) is 10. The number of Topliss-reactive ketones (excluding diaryl/α,β-unsaturated/α-hetero) is 1. The van der Waals surface area contributed by atoms with Gasteiger partial charge in [-0.15, -0.1) is 0 Å². The number of aryl methyl sites for hydroxylation is 2. The number of phenolic OH excluding ortho intramolecular Hbond substituents is 1. The van der Waals surface area contributed by atoms with Gasteiger partial charge in [-0.2, -0.15) is 0 Å². The van der Waals surface area contributed by atoms with Crippen LogP contribution in [0.3, 0.4) is 0 Å². The van der Waals surface area contributed by atoms with Gasteiger partial charge in [0.2, 0.25) is 0 Å². The van der Waals surface area contributed by atoms with Crippen molar-refractivity contribution in [2.24, 2.45) is 0 Å². The van der Waals surface area contributed by atoms with Crippen LogP contribution in [-0.2, 0) is 20.9 Å². The molecular weight excluding hydrogens is 584 g/mol. The molecule has 11 heteroatoms. The molecule has 3 aromatic carbocycles. The van der Waals surface area contributed by atoms with Gasteiger partial charge < -0.3 is 24.4 Å². The number of aromatic hydroxyl groups is 1. The van der Waals surface area contributed by atoms with Gasteiger partial charge in [0.1, 0.15) is 23.0 Å². The molecule has 2 heterocycles. The topological polar surface area (TPSA) is 135 Å². The molecule has 10 nitrogen and oxygen atoms in total. The first-order chi connectivity index (χ1) is 21.1. The number of rotatable bonds is 9. The van der Waals surface area contributed by atoms with Crippen LogP contribution in [0, 0.1) is 13.8 Å². The lowest BCUT2D eigenvalue weighted by Crippen LogP contribution is -2.29. The van der Waals surface area contributed by atoms with Crippen LogP contribution in [0.1, 0.15) is 50.6 Å². The summed E-state index contributed by atoms with van der Waals surface area (Å²) in [5, 5.41) is 22.0. The average molecular weight is 615 g/mol. The summed E-state index contributed by atoms with van der Waals surface area (Å²) in [5.41, 5.74) is 2.43. The minimum Gasteiger partial charge on any atom is -0.507 e. The van der Waals surface area contributed by atoms with E-state index in [1.54, 1.807) is 39.0 Å². The molecule has 1 saturated heterocycles. The molecule has 1 amide bonds. The zero-order valence-corrected chi connectivity index (χ0v) is 25.3. The Bertz CT molecular complexity index is 1780. The Hall–Kier alpha value is -5.16. The molecular formula is C33H30N2O8S. The molecule has 0 radical (unpaired) electrons. The Morgan fingerprint density at radius 2 is 1.80 bits per heavy atom. The quantitative estimate of drug-likeness (QED) is 0.103. The lowest BCUT2D eigenvalue weighted by Gasteiger charge is -2.23. The van der Waals surface area contributed by atoms with Crippen LogP contribution in [0.4, 0.5) is 5.13 Å². The van der Waals surface area contributed by atoms with Crippen LogP contribution in [0.2, 0.25) is 0 Å². The molecule has 5 rings (SSSR count). The third kappa shape index (κ3) is 5.73. The average Bonchev–Trinajstić information content (AvgIpc) is 3.52. The van der Waals surface area contributed by atoms with Crippen LogP contribution >= 0.6 is 11.3 Å². The van der Waals surface area contributed by atoms with Gasteiger partial charge in [0, 0.05) is 5.56 Å². The second kappa shape index (κ2) is 12.6. The molecule has 0 bridgehead atoms. The zero-order valence-electron chi connectivity index (χ0n) is 24.5. The smallest absolute Gasteiger partial charge is 0.350 e. The highest BCUT2D eigenvalue weighted by Gasteiger charge is 2.48. The number of benzene rings is 3. The Kier molecular flexibility index (Phi) is 8.68. The fraction of sp³-hybridized carbons (Fsp3) is 0.212. The maximum atomic E-state index is 13.6.